The highest BCUT2D eigenvalue weighted by molar-refractivity contribution is 7.89. The van der Waals surface area contributed by atoms with E-state index in [1.165, 1.54) is 23.5 Å². The SMILES string of the molecule is COc1ccc(S(=O)(=O)N2CCCCC2)cc1NC(=O)Cn1cc2ccccc2n1. The van der Waals surface area contributed by atoms with Gasteiger partial charge in [-0.1, -0.05) is 24.6 Å². The lowest BCUT2D eigenvalue weighted by Gasteiger charge is -2.26. The third-order valence-corrected chi connectivity index (χ3v) is 7.06. The first-order valence-corrected chi connectivity index (χ1v) is 11.3. The molecule has 0 unspecified atom stereocenters. The molecule has 0 atom stereocenters. The Balaban J connectivity index is 1.55. The van der Waals surface area contributed by atoms with Crippen LogP contribution in [-0.4, -0.2) is 48.6 Å². The minimum absolute atomic E-state index is 0.000929. The molecule has 1 saturated heterocycles. The van der Waals surface area contributed by atoms with Gasteiger partial charge in [-0.3, -0.25) is 9.48 Å². The molecule has 0 saturated carbocycles. The molecule has 9 heteroatoms. The van der Waals surface area contributed by atoms with Crippen molar-refractivity contribution in [2.45, 2.75) is 30.7 Å². The van der Waals surface area contributed by atoms with Crippen LogP contribution in [0.1, 0.15) is 19.3 Å². The van der Waals surface area contributed by atoms with Gasteiger partial charge in [0.2, 0.25) is 15.9 Å². The average molecular weight is 429 g/mol. The zero-order valence-electron chi connectivity index (χ0n) is 16.7. The fourth-order valence-electron chi connectivity index (χ4n) is 3.63. The topological polar surface area (TPSA) is 93.5 Å². The van der Waals surface area contributed by atoms with Crippen LogP contribution in [0.2, 0.25) is 0 Å². The summed E-state index contributed by atoms with van der Waals surface area (Å²) in [5.74, 6) is 0.0696. The summed E-state index contributed by atoms with van der Waals surface area (Å²) in [6.45, 7) is 1.03. The second kappa shape index (κ2) is 8.45. The van der Waals surface area contributed by atoms with Crippen molar-refractivity contribution >= 4 is 32.5 Å². The molecule has 30 heavy (non-hydrogen) atoms. The molecule has 1 aliphatic rings. The van der Waals surface area contributed by atoms with Crippen molar-refractivity contribution in [3.05, 3.63) is 48.7 Å². The molecule has 0 bridgehead atoms. The van der Waals surface area contributed by atoms with Gasteiger partial charge in [-0.25, -0.2) is 8.42 Å². The number of nitrogens with zero attached hydrogens (tertiary/aromatic N) is 3. The van der Waals surface area contributed by atoms with Crippen molar-refractivity contribution in [1.82, 2.24) is 14.1 Å². The summed E-state index contributed by atoms with van der Waals surface area (Å²) >= 11 is 0. The van der Waals surface area contributed by atoms with Crippen molar-refractivity contribution in [3.8, 4) is 5.75 Å². The molecule has 8 nitrogen and oxygen atoms in total. The van der Waals surface area contributed by atoms with Crippen LogP contribution in [0, 0.1) is 0 Å². The van der Waals surface area contributed by atoms with Gasteiger partial charge >= 0.3 is 0 Å². The predicted octanol–water partition coefficient (Wildman–Crippen LogP) is 2.86. The van der Waals surface area contributed by atoms with Crippen molar-refractivity contribution in [1.29, 1.82) is 0 Å². The maximum absolute atomic E-state index is 13.0. The Morgan fingerprint density at radius 3 is 2.63 bits per heavy atom. The van der Waals surface area contributed by atoms with Crippen molar-refractivity contribution in [3.63, 3.8) is 0 Å². The van der Waals surface area contributed by atoms with Gasteiger partial charge in [0.05, 0.1) is 23.2 Å². The number of carbonyl (C=O) groups is 1. The van der Waals surface area contributed by atoms with Gasteiger partial charge in [-0.05, 0) is 37.1 Å². The second-order valence-corrected chi connectivity index (χ2v) is 9.20. The lowest BCUT2D eigenvalue weighted by molar-refractivity contribution is -0.116. The first-order valence-electron chi connectivity index (χ1n) is 9.87. The van der Waals surface area contributed by atoms with E-state index in [0.717, 1.165) is 30.2 Å². The summed E-state index contributed by atoms with van der Waals surface area (Å²) in [6, 6.07) is 12.1. The number of carbonyl (C=O) groups excluding carboxylic acids is 1. The highest BCUT2D eigenvalue weighted by atomic mass is 32.2. The van der Waals surface area contributed by atoms with E-state index >= 15 is 0 Å². The van der Waals surface area contributed by atoms with Crippen molar-refractivity contribution in [2.24, 2.45) is 0 Å². The predicted molar refractivity (Wildman–Crippen MR) is 114 cm³/mol. The molecule has 2 heterocycles. The Hall–Kier alpha value is -2.91. The summed E-state index contributed by atoms with van der Waals surface area (Å²) in [6.07, 6.45) is 4.55. The molecule has 1 aromatic heterocycles. The first kappa shape index (κ1) is 20.4. The standard InChI is InChI=1S/C21H24N4O4S/c1-29-20-10-9-17(30(27,28)25-11-5-2-6-12-25)13-19(20)22-21(26)15-24-14-16-7-3-4-8-18(16)23-24/h3-4,7-10,13-14H,2,5-6,11-12,15H2,1H3,(H,22,26). The normalized spacial score (nSPS) is 15.2. The fraction of sp³-hybridized carbons (Fsp3) is 0.333. The largest absolute Gasteiger partial charge is 0.495 e. The zero-order valence-corrected chi connectivity index (χ0v) is 17.6. The van der Waals surface area contributed by atoms with Crippen LogP contribution in [0.4, 0.5) is 5.69 Å². The molecule has 2 aromatic carbocycles. The molecule has 0 radical (unpaired) electrons. The Bertz CT molecular complexity index is 1130. The highest BCUT2D eigenvalue weighted by Crippen LogP contribution is 2.30. The highest BCUT2D eigenvalue weighted by Gasteiger charge is 2.27. The molecule has 1 fully saturated rings. The van der Waals surface area contributed by atoms with Crippen LogP contribution < -0.4 is 10.1 Å². The van der Waals surface area contributed by atoms with Gasteiger partial charge in [0.1, 0.15) is 12.3 Å². The number of ether oxygens (including phenoxy) is 1. The maximum atomic E-state index is 13.0. The summed E-state index contributed by atoms with van der Waals surface area (Å²) in [5.41, 5.74) is 1.12. The lowest BCUT2D eigenvalue weighted by Crippen LogP contribution is -2.35. The van der Waals surface area contributed by atoms with Gasteiger partial charge in [-0.2, -0.15) is 9.40 Å². The number of anilines is 1. The number of rotatable bonds is 6. The molecule has 3 aromatic rings. The number of hydrogen-bond acceptors (Lipinski definition) is 5. The number of fused-ring (bicyclic) bond motifs is 1. The second-order valence-electron chi connectivity index (χ2n) is 7.26. The Kier molecular flexibility index (Phi) is 5.74. The number of piperidine rings is 1. The number of nitrogens with one attached hydrogen (secondary N) is 1. The average Bonchev–Trinajstić information content (AvgIpc) is 3.16. The van der Waals surface area contributed by atoms with Crippen LogP contribution in [-0.2, 0) is 21.4 Å². The molecule has 1 amide bonds. The van der Waals surface area contributed by atoms with Crippen LogP contribution in [0.3, 0.4) is 0 Å². The fourth-order valence-corrected chi connectivity index (χ4v) is 5.18. The summed E-state index contributed by atoms with van der Waals surface area (Å²) in [4.78, 5) is 12.7. The van der Waals surface area contributed by atoms with Crippen LogP contribution in [0.25, 0.3) is 10.9 Å². The van der Waals surface area contributed by atoms with Crippen LogP contribution >= 0.6 is 0 Å². The minimum Gasteiger partial charge on any atom is -0.495 e. The Morgan fingerprint density at radius 2 is 1.90 bits per heavy atom. The van der Waals surface area contributed by atoms with E-state index in [9.17, 15) is 13.2 Å². The maximum Gasteiger partial charge on any atom is 0.246 e. The summed E-state index contributed by atoms with van der Waals surface area (Å²) < 4.78 is 34.3. The molecule has 4 rings (SSSR count). The van der Waals surface area contributed by atoms with Crippen LogP contribution in [0.15, 0.2) is 53.6 Å². The number of methoxy groups -OCH3 is 1. The number of amides is 1. The summed E-state index contributed by atoms with van der Waals surface area (Å²) in [5, 5.41) is 8.08. The molecule has 0 spiro atoms. The van der Waals surface area contributed by atoms with Crippen molar-refractivity contribution in [2.75, 3.05) is 25.5 Å². The van der Waals surface area contributed by atoms with Crippen molar-refractivity contribution < 1.29 is 17.9 Å². The van der Waals surface area contributed by atoms with Gasteiger partial charge in [-0.15, -0.1) is 0 Å². The van der Waals surface area contributed by atoms with E-state index in [1.807, 2.05) is 24.3 Å². The summed E-state index contributed by atoms with van der Waals surface area (Å²) in [7, 11) is -2.14. The smallest absolute Gasteiger partial charge is 0.246 e. The van der Waals surface area contributed by atoms with E-state index in [0.29, 0.717) is 24.5 Å². The van der Waals surface area contributed by atoms with E-state index in [1.54, 1.807) is 16.9 Å². The number of hydrogen-bond donors (Lipinski definition) is 1. The molecule has 0 aliphatic carbocycles. The third kappa shape index (κ3) is 4.17. The molecule has 158 valence electrons. The van der Waals surface area contributed by atoms with E-state index in [-0.39, 0.29) is 17.3 Å². The molecular formula is C21H24N4O4S. The van der Waals surface area contributed by atoms with Gasteiger partial charge in [0, 0.05) is 24.7 Å². The molecule has 1 N–H and O–H groups in total. The number of aromatic nitrogens is 2. The van der Waals surface area contributed by atoms with Gasteiger partial charge < -0.3 is 10.1 Å². The third-order valence-electron chi connectivity index (χ3n) is 5.16. The van der Waals surface area contributed by atoms with Crippen LogP contribution in [0.5, 0.6) is 5.75 Å². The molecular weight excluding hydrogens is 404 g/mol. The Labute approximate surface area is 175 Å². The Morgan fingerprint density at radius 1 is 1.13 bits per heavy atom. The number of benzene rings is 2. The minimum atomic E-state index is -3.61. The van der Waals surface area contributed by atoms with Gasteiger partial charge in [0.25, 0.3) is 0 Å². The number of sulfonamides is 1. The van der Waals surface area contributed by atoms with E-state index in [4.69, 9.17) is 4.74 Å². The monoisotopic (exact) mass is 428 g/mol. The van der Waals surface area contributed by atoms with E-state index in [2.05, 4.69) is 10.4 Å². The quantitative estimate of drug-likeness (QED) is 0.652. The van der Waals surface area contributed by atoms with Gasteiger partial charge in [0.15, 0.2) is 0 Å². The van der Waals surface area contributed by atoms with E-state index < -0.39 is 10.0 Å². The first-order chi connectivity index (χ1) is 14.5. The zero-order chi connectivity index (χ0) is 21.1. The molecule has 1 aliphatic heterocycles. The lowest BCUT2D eigenvalue weighted by atomic mass is 10.2.